The van der Waals surface area contributed by atoms with Gasteiger partial charge in [-0.2, -0.15) is 0 Å². The third kappa shape index (κ3) is 4.21. The fourth-order valence-corrected chi connectivity index (χ4v) is 2.86. The lowest BCUT2D eigenvalue weighted by atomic mass is 10.1. The van der Waals surface area contributed by atoms with Crippen molar-refractivity contribution in [3.8, 4) is 0 Å². The van der Waals surface area contributed by atoms with Gasteiger partial charge >= 0.3 is 0 Å². The summed E-state index contributed by atoms with van der Waals surface area (Å²) in [6, 6.07) is 5.88. The average molecular weight is 312 g/mol. The summed E-state index contributed by atoms with van der Waals surface area (Å²) in [6.45, 7) is 4.06. The van der Waals surface area contributed by atoms with Crippen LogP contribution in [0.3, 0.4) is 0 Å². The van der Waals surface area contributed by atoms with Gasteiger partial charge in [-0.15, -0.1) is 23.7 Å². The molecule has 20 heavy (non-hydrogen) atoms. The number of nitrogens with zero attached hydrogens (tertiary/aromatic N) is 1. The molecule has 0 saturated carbocycles. The molecule has 0 aliphatic carbocycles. The zero-order chi connectivity index (χ0) is 13.8. The van der Waals surface area contributed by atoms with E-state index < -0.39 is 0 Å². The standard InChI is InChI=1S/C14H17N3OS.ClH/c1-9(7-11-4-3-10(2)19-11)17-14(18)12-8-16-6-5-13(12)15;/h3-6,8-9H,7H2,1-2H3,(H2,15,16)(H,17,18);1H. The van der Waals surface area contributed by atoms with Crippen molar-refractivity contribution in [2.24, 2.45) is 0 Å². The summed E-state index contributed by atoms with van der Waals surface area (Å²) >= 11 is 1.75. The van der Waals surface area contributed by atoms with E-state index in [0.29, 0.717) is 11.3 Å². The fraction of sp³-hybridized carbons (Fsp3) is 0.286. The minimum absolute atomic E-state index is 0. The van der Waals surface area contributed by atoms with Crippen LogP contribution in [0.15, 0.2) is 30.6 Å². The molecular formula is C14H18ClN3OS. The largest absolute Gasteiger partial charge is 0.398 e. The van der Waals surface area contributed by atoms with Gasteiger partial charge in [-0.25, -0.2) is 0 Å². The summed E-state index contributed by atoms with van der Waals surface area (Å²) in [7, 11) is 0. The van der Waals surface area contributed by atoms with Gasteiger partial charge in [0, 0.05) is 40.3 Å². The Morgan fingerprint density at radius 3 is 2.80 bits per heavy atom. The molecule has 0 spiro atoms. The normalized spacial score (nSPS) is 11.5. The lowest BCUT2D eigenvalue weighted by Crippen LogP contribution is -2.34. The Morgan fingerprint density at radius 1 is 1.45 bits per heavy atom. The van der Waals surface area contributed by atoms with Crippen LogP contribution in [0.5, 0.6) is 0 Å². The number of anilines is 1. The molecular weight excluding hydrogens is 294 g/mol. The first kappa shape index (κ1) is 16.5. The van der Waals surface area contributed by atoms with E-state index in [0.717, 1.165) is 6.42 Å². The number of hydrogen-bond donors (Lipinski definition) is 2. The molecule has 0 bridgehead atoms. The Balaban J connectivity index is 0.00000200. The van der Waals surface area contributed by atoms with Crippen LogP contribution in [0, 0.1) is 6.92 Å². The minimum Gasteiger partial charge on any atom is -0.398 e. The van der Waals surface area contributed by atoms with Crippen LogP contribution in [0.25, 0.3) is 0 Å². The third-order valence-corrected chi connectivity index (χ3v) is 3.80. The van der Waals surface area contributed by atoms with Crippen LogP contribution in [0.1, 0.15) is 27.0 Å². The predicted molar refractivity (Wildman–Crippen MR) is 85.6 cm³/mol. The number of pyridine rings is 1. The van der Waals surface area contributed by atoms with E-state index in [1.54, 1.807) is 23.6 Å². The lowest BCUT2D eigenvalue weighted by Gasteiger charge is -2.13. The van der Waals surface area contributed by atoms with Gasteiger partial charge in [0.05, 0.1) is 5.56 Å². The zero-order valence-corrected chi connectivity index (χ0v) is 13.1. The van der Waals surface area contributed by atoms with Crippen LogP contribution in [0.4, 0.5) is 5.69 Å². The highest BCUT2D eigenvalue weighted by molar-refractivity contribution is 7.11. The van der Waals surface area contributed by atoms with Crippen LogP contribution in [-0.2, 0) is 6.42 Å². The van der Waals surface area contributed by atoms with Gasteiger partial charge in [0.1, 0.15) is 0 Å². The molecule has 1 amide bonds. The monoisotopic (exact) mass is 311 g/mol. The van der Waals surface area contributed by atoms with Crippen molar-refractivity contribution in [2.75, 3.05) is 5.73 Å². The number of hydrogen-bond acceptors (Lipinski definition) is 4. The van der Waals surface area contributed by atoms with Crippen LogP contribution >= 0.6 is 23.7 Å². The summed E-state index contributed by atoms with van der Waals surface area (Å²) in [6.07, 6.45) is 3.89. The van der Waals surface area contributed by atoms with Crippen LogP contribution < -0.4 is 11.1 Å². The van der Waals surface area contributed by atoms with Gasteiger partial charge in [0.25, 0.3) is 5.91 Å². The molecule has 0 saturated heterocycles. The van der Waals surface area contributed by atoms with Gasteiger partial charge in [0.15, 0.2) is 0 Å². The topological polar surface area (TPSA) is 68.0 Å². The summed E-state index contributed by atoms with van der Waals surface area (Å²) < 4.78 is 0. The molecule has 0 aromatic carbocycles. The first-order chi connectivity index (χ1) is 9.06. The second kappa shape index (κ2) is 7.26. The number of halogens is 1. The summed E-state index contributed by atoms with van der Waals surface area (Å²) in [5.41, 5.74) is 6.63. The molecule has 1 unspecified atom stereocenters. The van der Waals surface area contributed by atoms with E-state index in [9.17, 15) is 4.79 Å². The Labute approximate surface area is 128 Å². The maximum absolute atomic E-state index is 12.0. The van der Waals surface area contributed by atoms with E-state index in [-0.39, 0.29) is 24.4 Å². The third-order valence-electron chi connectivity index (χ3n) is 2.78. The number of aromatic nitrogens is 1. The van der Waals surface area contributed by atoms with E-state index in [2.05, 4.69) is 29.4 Å². The van der Waals surface area contributed by atoms with Gasteiger partial charge in [0.2, 0.25) is 0 Å². The number of amides is 1. The number of thiophene rings is 1. The van der Waals surface area contributed by atoms with Crippen LogP contribution in [0.2, 0.25) is 0 Å². The van der Waals surface area contributed by atoms with Crippen molar-refractivity contribution in [1.82, 2.24) is 10.3 Å². The highest BCUT2D eigenvalue weighted by Gasteiger charge is 2.13. The Bertz CT molecular complexity index is 585. The maximum atomic E-state index is 12.0. The zero-order valence-electron chi connectivity index (χ0n) is 11.4. The number of carbonyl (C=O) groups excluding carboxylic acids is 1. The molecule has 2 aromatic rings. The van der Waals surface area contributed by atoms with Crippen molar-refractivity contribution in [3.63, 3.8) is 0 Å². The first-order valence-corrected chi connectivity index (χ1v) is 6.93. The lowest BCUT2D eigenvalue weighted by molar-refractivity contribution is 0.0941. The Hall–Kier alpha value is -1.59. The summed E-state index contributed by atoms with van der Waals surface area (Å²) in [4.78, 5) is 18.5. The predicted octanol–water partition coefficient (Wildman–Crippen LogP) is 2.82. The quantitative estimate of drug-likeness (QED) is 0.912. The van der Waals surface area contributed by atoms with E-state index >= 15 is 0 Å². The summed E-state index contributed by atoms with van der Waals surface area (Å²) in [5.74, 6) is -0.175. The van der Waals surface area contributed by atoms with Crippen molar-refractivity contribution in [2.45, 2.75) is 26.3 Å². The SMILES string of the molecule is Cc1ccc(CC(C)NC(=O)c2cnccc2N)s1.Cl. The van der Waals surface area contributed by atoms with Crippen LogP contribution in [-0.4, -0.2) is 16.9 Å². The van der Waals surface area contributed by atoms with Crippen molar-refractivity contribution in [3.05, 3.63) is 45.9 Å². The molecule has 1 atom stereocenters. The summed E-state index contributed by atoms with van der Waals surface area (Å²) in [5, 5.41) is 2.94. The molecule has 0 fully saturated rings. The molecule has 2 aromatic heterocycles. The number of nitrogens with two attached hydrogens (primary N) is 1. The second-order valence-corrected chi connectivity index (χ2v) is 5.93. The molecule has 3 N–H and O–H groups in total. The number of nitrogens with one attached hydrogen (secondary N) is 1. The van der Waals surface area contributed by atoms with Crippen molar-refractivity contribution < 1.29 is 4.79 Å². The molecule has 6 heteroatoms. The molecule has 2 rings (SSSR count). The Kier molecular flexibility index (Phi) is 5.98. The number of aryl methyl sites for hydroxylation is 1. The van der Waals surface area contributed by atoms with E-state index in [1.807, 2.05) is 6.92 Å². The fourth-order valence-electron chi connectivity index (χ4n) is 1.84. The second-order valence-electron chi connectivity index (χ2n) is 4.55. The van der Waals surface area contributed by atoms with Gasteiger partial charge in [-0.05, 0) is 32.0 Å². The van der Waals surface area contributed by atoms with Gasteiger partial charge in [-0.1, -0.05) is 0 Å². The highest BCUT2D eigenvalue weighted by atomic mass is 35.5. The highest BCUT2D eigenvalue weighted by Crippen LogP contribution is 2.17. The number of rotatable bonds is 4. The van der Waals surface area contributed by atoms with E-state index in [4.69, 9.17) is 5.73 Å². The number of nitrogen functional groups attached to an aromatic ring is 1. The first-order valence-electron chi connectivity index (χ1n) is 6.12. The maximum Gasteiger partial charge on any atom is 0.255 e. The minimum atomic E-state index is -0.175. The van der Waals surface area contributed by atoms with Gasteiger partial charge in [-0.3, -0.25) is 9.78 Å². The average Bonchev–Trinajstić information content (AvgIpc) is 2.74. The molecule has 0 radical (unpaired) electrons. The molecule has 2 heterocycles. The van der Waals surface area contributed by atoms with Gasteiger partial charge < -0.3 is 11.1 Å². The van der Waals surface area contributed by atoms with Crippen molar-refractivity contribution in [1.29, 1.82) is 0 Å². The molecule has 0 aliphatic heterocycles. The van der Waals surface area contributed by atoms with Crippen molar-refractivity contribution >= 4 is 35.3 Å². The smallest absolute Gasteiger partial charge is 0.255 e. The molecule has 4 nitrogen and oxygen atoms in total. The molecule has 0 aliphatic rings. The Morgan fingerprint density at radius 2 is 2.20 bits per heavy atom. The molecule has 108 valence electrons. The number of carbonyl (C=O) groups is 1. The van der Waals surface area contributed by atoms with E-state index in [1.165, 1.54) is 16.0 Å².